The lowest BCUT2D eigenvalue weighted by Gasteiger charge is -2.25. The van der Waals surface area contributed by atoms with E-state index >= 15 is 0 Å². The summed E-state index contributed by atoms with van der Waals surface area (Å²) >= 11 is 6.00. The molecule has 2 aromatic rings. The molecule has 25 heavy (non-hydrogen) atoms. The predicted molar refractivity (Wildman–Crippen MR) is 103 cm³/mol. The van der Waals surface area contributed by atoms with Gasteiger partial charge in [0.25, 0.3) is 0 Å². The minimum atomic E-state index is -0.739. The Hall–Kier alpha value is -1.59. The van der Waals surface area contributed by atoms with Crippen LogP contribution >= 0.6 is 11.6 Å². The maximum atomic E-state index is 10.5. The fourth-order valence-electron chi connectivity index (χ4n) is 2.66. The van der Waals surface area contributed by atoms with Crippen LogP contribution in [0, 0.1) is 5.92 Å². The third kappa shape index (κ3) is 6.01. The van der Waals surface area contributed by atoms with Crippen molar-refractivity contribution in [3.05, 3.63) is 64.7 Å². The van der Waals surface area contributed by atoms with E-state index in [1.54, 1.807) is 12.1 Å². The lowest BCUT2D eigenvalue weighted by Crippen LogP contribution is -2.36. The minimum absolute atomic E-state index is 0.113. The van der Waals surface area contributed by atoms with Gasteiger partial charge in [-0.15, -0.1) is 0 Å². The molecule has 0 saturated heterocycles. The van der Waals surface area contributed by atoms with E-state index in [1.165, 1.54) is 5.56 Å². The van der Waals surface area contributed by atoms with Crippen molar-refractivity contribution in [2.24, 2.45) is 11.7 Å². The Morgan fingerprint density at radius 3 is 2.44 bits per heavy atom. The monoisotopic (exact) mass is 362 g/mol. The van der Waals surface area contributed by atoms with Crippen molar-refractivity contribution in [3.8, 4) is 5.75 Å². The molecule has 0 bridgehead atoms. The zero-order chi connectivity index (χ0) is 18.4. The number of rotatable bonds is 8. The van der Waals surface area contributed by atoms with E-state index in [9.17, 15) is 5.11 Å². The normalized spacial score (nSPS) is 15.0. The molecule has 2 aromatic carbocycles. The number of nitrogens with two attached hydrogens (primary N) is 1. The standard InChI is InChI=1S/C20H27ClN2O2/c1-14(19(22)20(24)16-5-4-6-17(21)12-16)11-15-7-9-18(10-8-15)25-13-23(2)3/h4-10,12,14,19-20,24H,11,13,22H2,1-3H3/t14?,19-,20-/m1/s1. The van der Waals surface area contributed by atoms with Crippen molar-refractivity contribution < 1.29 is 9.84 Å². The first-order valence-corrected chi connectivity index (χ1v) is 8.80. The predicted octanol–water partition coefficient (Wildman–Crippen LogP) is 3.48. The van der Waals surface area contributed by atoms with Crippen molar-refractivity contribution in [3.63, 3.8) is 0 Å². The van der Waals surface area contributed by atoms with Crippen LogP contribution in [-0.2, 0) is 6.42 Å². The van der Waals surface area contributed by atoms with Gasteiger partial charge >= 0.3 is 0 Å². The Labute approximate surface area is 155 Å². The highest BCUT2D eigenvalue weighted by molar-refractivity contribution is 6.30. The van der Waals surface area contributed by atoms with Gasteiger partial charge in [0.2, 0.25) is 0 Å². The van der Waals surface area contributed by atoms with Crippen LogP contribution in [-0.4, -0.2) is 36.9 Å². The highest BCUT2D eigenvalue weighted by Crippen LogP contribution is 2.25. The third-order valence-electron chi connectivity index (χ3n) is 4.18. The Balaban J connectivity index is 1.95. The quantitative estimate of drug-likeness (QED) is 0.706. The summed E-state index contributed by atoms with van der Waals surface area (Å²) in [4.78, 5) is 1.96. The third-order valence-corrected chi connectivity index (χ3v) is 4.42. The van der Waals surface area contributed by atoms with Gasteiger partial charge in [0.1, 0.15) is 12.5 Å². The van der Waals surface area contributed by atoms with Gasteiger partial charge in [0.05, 0.1) is 6.10 Å². The molecule has 0 radical (unpaired) electrons. The van der Waals surface area contributed by atoms with Crippen molar-refractivity contribution in [1.82, 2.24) is 4.90 Å². The largest absolute Gasteiger partial charge is 0.478 e. The molecule has 4 nitrogen and oxygen atoms in total. The fraction of sp³-hybridized carbons (Fsp3) is 0.400. The summed E-state index contributed by atoms with van der Waals surface area (Å²) in [6, 6.07) is 14.9. The molecule has 5 heteroatoms. The molecular weight excluding hydrogens is 336 g/mol. The van der Waals surface area contributed by atoms with E-state index in [0.29, 0.717) is 11.8 Å². The molecular formula is C20H27ClN2O2. The van der Waals surface area contributed by atoms with Gasteiger partial charge in [-0.05, 0) is 61.8 Å². The molecule has 0 aliphatic heterocycles. The Bertz CT molecular complexity index is 661. The van der Waals surface area contributed by atoms with E-state index in [0.717, 1.165) is 17.7 Å². The second kappa shape index (κ2) is 9.20. The zero-order valence-electron chi connectivity index (χ0n) is 15.0. The number of hydrogen-bond acceptors (Lipinski definition) is 4. The summed E-state index contributed by atoms with van der Waals surface area (Å²) in [7, 11) is 3.92. The smallest absolute Gasteiger partial charge is 0.141 e. The van der Waals surface area contributed by atoms with E-state index < -0.39 is 6.10 Å². The van der Waals surface area contributed by atoms with Crippen molar-refractivity contribution in [2.45, 2.75) is 25.5 Å². The lowest BCUT2D eigenvalue weighted by atomic mass is 9.88. The van der Waals surface area contributed by atoms with Gasteiger partial charge in [-0.3, -0.25) is 4.90 Å². The second-order valence-electron chi connectivity index (χ2n) is 6.76. The number of aliphatic hydroxyl groups excluding tert-OH is 1. The molecule has 0 amide bonds. The number of benzene rings is 2. The molecule has 0 aromatic heterocycles. The number of hydrogen-bond donors (Lipinski definition) is 2. The Morgan fingerprint density at radius 1 is 1.16 bits per heavy atom. The fourth-order valence-corrected chi connectivity index (χ4v) is 2.86. The molecule has 3 N–H and O–H groups in total. The van der Waals surface area contributed by atoms with Crippen molar-refractivity contribution in [2.75, 3.05) is 20.8 Å². The minimum Gasteiger partial charge on any atom is -0.478 e. The molecule has 0 saturated carbocycles. The van der Waals surface area contributed by atoms with Crippen LogP contribution in [0.2, 0.25) is 5.02 Å². The molecule has 0 heterocycles. The maximum absolute atomic E-state index is 10.5. The first kappa shape index (κ1) is 19.7. The average Bonchev–Trinajstić information content (AvgIpc) is 2.59. The van der Waals surface area contributed by atoms with Gasteiger partial charge in [-0.25, -0.2) is 0 Å². The molecule has 0 fully saturated rings. The van der Waals surface area contributed by atoms with Crippen LogP contribution < -0.4 is 10.5 Å². The molecule has 0 aliphatic carbocycles. The molecule has 1 unspecified atom stereocenters. The topological polar surface area (TPSA) is 58.7 Å². The van der Waals surface area contributed by atoms with Gasteiger partial charge < -0.3 is 15.6 Å². The summed E-state index contributed by atoms with van der Waals surface area (Å²) in [6.07, 6.45) is 0.0450. The van der Waals surface area contributed by atoms with Crippen molar-refractivity contribution in [1.29, 1.82) is 0 Å². The van der Waals surface area contributed by atoms with Crippen molar-refractivity contribution >= 4 is 11.6 Å². The van der Waals surface area contributed by atoms with Crippen LogP contribution in [0.25, 0.3) is 0 Å². The van der Waals surface area contributed by atoms with Crippen LogP contribution in [0.1, 0.15) is 24.2 Å². The first-order chi connectivity index (χ1) is 11.9. The average molecular weight is 363 g/mol. The van der Waals surface area contributed by atoms with Gasteiger partial charge in [-0.2, -0.15) is 0 Å². The molecule has 0 aliphatic rings. The summed E-state index contributed by atoms with van der Waals surface area (Å²) in [5.41, 5.74) is 8.19. The summed E-state index contributed by atoms with van der Waals surface area (Å²) < 4.78 is 5.63. The second-order valence-corrected chi connectivity index (χ2v) is 7.19. The van der Waals surface area contributed by atoms with Gasteiger partial charge in [-0.1, -0.05) is 42.8 Å². The highest BCUT2D eigenvalue weighted by Gasteiger charge is 2.23. The van der Waals surface area contributed by atoms with Gasteiger partial charge in [0.15, 0.2) is 0 Å². The molecule has 2 rings (SSSR count). The van der Waals surface area contributed by atoms with Crippen LogP contribution in [0.15, 0.2) is 48.5 Å². The number of ether oxygens (including phenoxy) is 1. The van der Waals surface area contributed by atoms with Gasteiger partial charge in [0, 0.05) is 11.1 Å². The summed E-state index contributed by atoms with van der Waals surface area (Å²) in [6.45, 7) is 2.60. The summed E-state index contributed by atoms with van der Waals surface area (Å²) in [5, 5.41) is 11.1. The lowest BCUT2D eigenvalue weighted by molar-refractivity contribution is 0.121. The number of nitrogens with zero attached hydrogens (tertiary/aromatic N) is 1. The Morgan fingerprint density at radius 2 is 1.84 bits per heavy atom. The van der Waals surface area contributed by atoms with Crippen LogP contribution in [0.4, 0.5) is 0 Å². The summed E-state index contributed by atoms with van der Waals surface area (Å²) in [5.74, 6) is 0.955. The van der Waals surface area contributed by atoms with Crippen LogP contribution in [0.5, 0.6) is 5.75 Å². The zero-order valence-corrected chi connectivity index (χ0v) is 15.8. The first-order valence-electron chi connectivity index (χ1n) is 8.42. The van der Waals surface area contributed by atoms with Crippen LogP contribution in [0.3, 0.4) is 0 Å². The molecule has 136 valence electrons. The number of aliphatic hydroxyl groups is 1. The number of halogens is 1. The molecule has 0 spiro atoms. The molecule has 3 atom stereocenters. The van der Waals surface area contributed by atoms with E-state index in [1.807, 2.05) is 55.4 Å². The van der Waals surface area contributed by atoms with E-state index in [-0.39, 0.29) is 12.0 Å². The maximum Gasteiger partial charge on any atom is 0.141 e. The van der Waals surface area contributed by atoms with E-state index in [2.05, 4.69) is 6.92 Å². The SMILES string of the molecule is CC(Cc1ccc(OCN(C)C)cc1)[C@@H](N)[C@H](O)c1cccc(Cl)c1. The highest BCUT2D eigenvalue weighted by atomic mass is 35.5. The Kier molecular flexibility index (Phi) is 7.26. The van der Waals surface area contributed by atoms with E-state index in [4.69, 9.17) is 22.1 Å².